The maximum absolute atomic E-state index is 14.9. The maximum atomic E-state index is 14.9. The van der Waals surface area contributed by atoms with Crippen LogP contribution in [0.15, 0.2) is 70.3 Å². The summed E-state index contributed by atoms with van der Waals surface area (Å²) in [5, 5.41) is 2.83. The van der Waals surface area contributed by atoms with E-state index in [1.54, 1.807) is 36.4 Å². The van der Waals surface area contributed by atoms with Crippen LogP contribution in [0, 0.1) is 17.6 Å². The van der Waals surface area contributed by atoms with Crippen LogP contribution < -0.4 is 21.3 Å². The van der Waals surface area contributed by atoms with E-state index in [9.17, 15) is 23.2 Å². The lowest BCUT2D eigenvalue weighted by atomic mass is 10.1. The Morgan fingerprint density at radius 2 is 1.76 bits per heavy atom. The number of nitrogens with zero attached hydrogens (tertiary/aromatic N) is 4. The molecule has 1 fully saturated rings. The molecule has 0 radical (unpaired) electrons. The van der Waals surface area contributed by atoms with Crippen LogP contribution in [-0.2, 0) is 22.6 Å². The molecule has 0 aliphatic carbocycles. The number of halogens is 2. The van der Waals surface area contributed by atoms with Crippen LogP contribution >= 0.6 is 11.3 Å². The van der Waals surface area contributed by atoms with Crippen molar-refractivity contribution in [3.63, 3.8) is 0 Å². The molecule has 13 heteroatoms. The number of rotatable bonds is 11. The number of ether oxygens (including phenoxy) is 2. The molecule has 45 heavy (non-hydrogen) atoms. The van der Waals surface area contributed by atoms with E-state index in [0.717, 1.165) is 22.3 Å². The second-order valence-corrected chi connectivity index (χ2v) is 11.9. The van der Waals surface area contributed by atoms with Crippen molar-refractivity contribution < 1.29 is 23.0 Å². The number of nitrogens with one attached hydrogen (secondary N) is 1. The number of anilines is 1. The third-order valence-corrected chi connectivity index (χ3v) is 8.71. The fourth-order valence-corrected chi connectivity index (χ4v) is 6.43. The predicted molar refractivity (Wildman–Crippen MR) is 167 cm³/mol. The van der Waals surface area contributed by atoms with Gasteiger partial charge in [0.1, 0.15) is 22.3 Å². The van der Waals surface area contributed by atoms with E-state index in [1.807, 2.05) is 19.0 Å². The lowest BCUT2D eigenvalue weighted by Crippen LogP contribution is -2.39. The highest BCUT2D eigenvalue weighted by molar-refractivity contribution is 7.22. The van der Waals surface area contributed by atoms with Crippen molar-refractivity contribution in [1.82, 2.24) is 19.0 Å². The van der Waals surface area contributed by atoms with Crippen LogP contribution in [-0.4, -0.2) is 59.3 Å². The van der Waals surface area contributed by atoms with E-state index < -0.39 is 29.4 Å². The number of carbonyl (C=O) groups is 1. The van der Waals surface area contributed by atoms with Gasteiger partial charge in [0.25, 0.3) is 5.56 Å². The molecule has 10 nitrogen and oxygen atoms in total. The Bertz CT molecular complexity index is 1980. The minimum atomic E-state index is -0.815. The van der Waals surface area contributed by atoms with Gasteiger partial charge in [0.2, 0.25) is 12.3 Å². The molecule has 4 heterocycles. The van der Waals surface area contributed by atoms with Gasteiger partial charge in [-0.25, -0.2) is 18.1 Å². The van der Waals surface area contributed by atoms with E-state index in [2.05, 4.69) is 10.3 Å². The second-order valence-electron chi connectivity index (χ2n) is 10.9. The molecule has 6 rings (SSSR count). The first-order chi connectivity index (χ1) is 21.7. The highest BCUT2D eigenvalue weighted by Crippen LogP contribution is 2.38. The number of thiophene rings is 1. The van der Waals surface area contributed by atoms with Gasteiger partial charge in [-0.05, 0) is 55.6 Å². The van der Waals surface area contributed by atoms with Crippen molar-refractivity contribution in [2.45, 2.75) is 13.1 Å². The van der Waals surface area contributed by atoms with Gasteiger partial charge in [-0.15, -0.1) is 11.3 Å². The first kappa shape index (κ1) is 30.3. The van der Waals surface area contributed by atoms with E-state index in [0.29, 0.717) is 48.9 Å². The van der Waals surface area contributed by atoms with Gasteiger partial charge in [-0.1, -0.05) is 24.3 Å². The third-order valence-electron chi connectivity index (χ3n) is 7.41. The lowest BCUT2D eigenvalue weighted by molar-refractivity contribution is -0.105. The van der Waals surface area contributed by atoms with Crippen LogP contribution in [0.1, 0.15) is 11.1 Å². The zero-order valence-corrected chi connectivity index (χ0v) is 25.3. The molecule has 1 aliphatic rings. The topological polar surface area (TPSA) is 108 Å². The summed E-state index contributed by atoms with van der Waals surface area (Å²) < 4.78 is 43.0. The van der Waals surface area contributed by atoms with Crippen molar-refractivity contribution in [2.75, 3.05) is 39.2 Å². The number of pyridine rings is 1. The Hall–Kier alpha value is -4.72. The molecular weight excluding hydrogens is 604 g/mol. The molecule has 0 saturated carbocycles. The maximum Gasteiger partial charge on any atom is 0.338 e. The minimum Gasteiger partial charge on any atom is -0.477 e. The average molecular weight is 634 g/mol. The molecule has 1 N–H and O–H groups in total. The summed E-state index contributed by atoms with van der Waals surface area (Å²) in [5.74, 6) is -1.16. The van der Waals surface area contributed by atoms with Crippen LogP contribution in [0.4, 0.5) is 14.5 Å². The van der Waals surface area contributed by atoms with Gasteiger partial charge in [0.15, 0.2) is 0 Å². The number of carbonyl (C=O) groups excluding carboxylic acids is 1. The van der Waals surface area contributed by atoms with Crippen molar-refractivity contribution in [2.24, 2.45) is 5.92 Å². The number of fused-ring (bicyclic) bond motifs is 1. The summed E-state index contributed by atoms with van der Waals surface area (Å²) in [7, 11) is 3.70. The summed E-state index contributed by atoms with van der Waals surface area (Å²) in [6.45, 7) is 1.39. The molecule has 0 spiro atoms. The lowest BCUT2D eigenvalue weighted by Gasteiger charge is -2.25. The summed E-state index contributed by atoms with van der Waals surface area (Å²) in [5.41, 5.74) is 0.219. The Morgan fingerprint density at radius 1 is 1.04 bits per heavy atom. The summed E-state index contributed by atoms with van der Waals surface area (Å²) in [4.78, 5) is 46.8. The van der Waals surface area contributed by atoms with Crippen LogP contribution in [0.5, 0.6) is 5.88 Å². The molecule has 3 aromatic heterocycles. The zero-order valence-electron chi connectivity index (χ0n) is 24.5. The smallest absolute Gasteiger partial charge is 0.338 e. The van der Waals surface area contributed by atoms with Crippen LogP contribution in [0.25, 0.3) is 26.5 Å². The van der Waals surface area contributed by atoms with Crippen molar-refractivity contribution >= 4 is 33.7 Å². The monoisotopic (exact) mass is 633 g/mol. The SMILES string of the molecule is CN(C)Cc1c(-c2ccc(NC=O)cc2)sc2c1c(=O)n(-c1cccc(OCC3COC3)n1)c(=O)n2Cc1c(F)cccc1F. The summed E-state index contributed by atoms with van der Waals surface area (Å²) in [6.07, 6.45) is 0.574. The molecule has 0 unspecified atom stereocenters. The van der Waals surface area contributed by atoms with Crippen LogP contribution in [0.2, 0.25) is 0 Å². The molecule has 0 atom stereocenters. The number of benzene rings is 2. The van der Waals surface area contributed by atoms with Gasteiger partial charge in [0.05, 0.1) is 31.8 Å². The number of hydrogen-bond acceptors (Lipinski definition) is 8. The molecular formula is C32H29F2N5O5S. The van der Waals surface area contributed by atoms with Crippen molar-refractivity contribution in [1.29, 1.82) is 0 Å². The summed E-state index contributed by atoms with van der Waals surface area (Å²) >= 11 is 1.18. The van der Waals surface area contributed by atoms with E-state index in [4.69, 9.17) is 9.47 Å². The minimum absolute atomic E-state index is 0.0184. The Kier molecular flexibility index (Phi) is 8.57. The molecule has 1 saturated heterocycles. The van der Waals surface area contributed by atoms with Gasteiger partial charge in [-0.2, -0.15) is 4.98 Å². The fraction of sp³-hybridized carbons (Fsp3) is 0.250. The first-order valence-electron chi connectivity index (χ1n) is 14.1. The predicted octanol–water partition coefficient (Wildman–Crippen LogP) is 4.26. The highest BCUT2D eigenvalue weighted by atomic mass is 32.1. The standard InChI is InChI=1S/C32H29F2N5O5S/c1-37(2)13-23-28-30(41)39(26-7-4-8-27(36-26)44-17-19-15-43-16-19)32(42)38(14-22-24(33)5-3-6-25(22)34)31(28)45-29(23)20-9-11-21(12-10-20)35-18-40/h3-12,18-19H,13-17H2,1-2H3,(H,35,40). The molecule has 1 amide bonds. The van der Waals surface area contributed by atoms with E-state index >= 15 is 0 Å². The summed E-state index contributed by atoms with van der Waals surface area (Å²) in [6, 6.07) is 15.3. The van der Waals surface area contributed by atoms with Gasteiger partial charge >= 0.3 is 5.69 Å². The molecule has 0 bridgehead atoms. The molecule has 2 aromatic carbocycles. The van der Waals surface area contributed by atoms with Gasteiger partial charge in [0, 0.05) is 34.7 Å². The first-order valence-corrected chi connectivity index (χ1v) is 14.9. The van der Waals surface area contributed by atoms with E-state index in [1.165, 1.54) is 28.0 Å². The Balaban J connectivity index is 1.60. The molecule has 1 aliphatic heterocycles. The average Bonchev–Trinajstić information content (AvgIpc) is 3.35. The number of amides is 1. The molecule has 232 valence electrons. The van der Waals surface area contributed by atoms with Gasteiger partial charge in [-0.3, -0.25) is 14.2 Å². The van der Waals surface area contributed by atoms with E-state index in [-0.39, 0.29) is 33.4 Å². The quantitative estimate of drug-likeness (QED) is 0.217. The van der Waals surface area contributed by atoms with Crippen molar-refractivity contribution in [3.05, 3.63) is 104 Å². The fourth-order valence-electron chi connectivity index (χ4n) is 5.13. The Labute approximate surface area is 260 Å². The highest BCUT2D eigenvalue weighted by Gasteiger charge is 2.26. The third kappa shape index (κ3) is 6.01. The largest absolute Gasteiger partial charge is 0.477 e. The van der Waals surface area contributed by atoms with Crippen molar-refractivity contribution in [3.8, 4) is 22.1 Å². The zero-order chi connectivity index (χ0) is 31.7. The number of aromatic nitrogens is 3. The van der Waals surface area contributed by atoms with Gasteiger partial charge < -0.3 is 19.7 Å². The Morgan fingerprint density at radius 3 is 2.40 bits per heavy atom. The second kappa shape index (κ2) is 12.7. The normalized spacial score (nSPS) is 13.3. The molecule has 5 aromatic rings. The van der Waals surface area contributed by atoms with Crippen LogP contribution in [0.3, 0.4) is 0 Å². The number of hydrogen-bond donors (Lipinski definition) is 1.